The number of nitrogens with zero attached hydrogens (tertiary/aromatic N) is 5. The van der Waals surface area contributed by atoms with Crippen LogP contribution in [-0.2, 0) is 16.4 Å². The zero-order valence-electron chi connectivity index (χ0n) is 17.3. The summed E-state index contributed by atoms with van der Waals surface area (Å²) in [6.45, 7) is 1.13. The summed E-state index contributed by atoms with van der Waals surface area (Å²) < 4.78 is 39.0. The smallest absolute Gasteiger partial charge is 0.283 e. The fraction of sp³-hybridized carbons (Fsp3) is 0.150. The van der Waals surface area contributed by atoms with Crippen LogP contribution in [0, 0.1) is 22.9 Å². The van der Waals surface area contributed by atoms with Gasteiger partial charge in [-0.1, -0.05) is 0 Å². The lowest BCUT2D eigenvalue weighted by molar-refractivity contribution is -0.385. The van der Waals surface area contributed by atoms with E-state index in [4.69, 9.17) is 0 Å². The van der Waals surface area contributed by atoms with Crippen LogP contribution in [0.4, 0.5) is 15.8 Å². The highest BCUT2D eigenvalue weighted by Crippen LogP contribution is 2.29. The summed E-state index contributed by atoms with van der Waals surface area (Å²) in [5.74, 6) is -1.52. The maximum Gasteiger partial charge on any atom is 0.283 e. The van der Waals surface area contributed by atoms with Crippen molar-refractivity contribution in [3.8, 4) is 0 Å². The highest BCUT2D eigenvalue weighted by atomic mass is 32.2. The predicted molar refractivity (Wildman–Crippen MR) is 113 cm³/mol. The average Bonchev–Trinajstić information content (AvgIpc) is 2.76. The summed E-state index contributed by atoms with van der Waals surface area (Å²) in [6.07, 6.45) is 4.60. The minimum absolute atomic E-state index is 0.0108. The Balaban J connectivity index is 2.19. The Morgan fingerprint density at radius 1 is 1.24 bits per heavy atom. The molecule has 33 heavy (non-hydrogen) atoms. The van der Waals surface area contributed by atoms with Crippen molar-refractivity contribution >= 4 is 33.4 Å². The minimum atomic E-state index is -3.90. The first-order valence-corrected chi connectivity index (χ1v) is 11.1. The summed E-state index contributed by atoms with van der Waals surface area (Å²) in [4.78, 5) is 47.5. The number of hydrogen-bond donors (Lipinski definition) is 0. The van der Waals surface area contributed by atoms with E-state index in [-0.39, 0.29) is 23.1 Å². The molecule has 13 heteroatoms. The molecule has 170 valence electrons. The van der Waals surface area contributed by atoms with Gasteiger partial charge < -0.3 is 4.90 Å². The summed E-state index contributed by atoms with van der Waals surface area (Å²) >= 11 is 0. The third-order valence-electron chi connectivity index (χ3n) is 4.49. The second-order valence-corrected chi connectivity index (χ2v) is 8.83. The highest BCUT2D eigenvalue weighted by molar-refractivity contribution is 7.90. The minimum Gasteiger partial charge on any atom is -0.301 e. The lowest BCUT2D eigenvalue weighted by Crippen LogP contribution is -2.32. The Morgan fingerprint density at radius 3 is 2.48 bits per heavy atom. The molecular weight excluding hydrogens is 457 g/mol. The highest BCUT2D eigenvalue weighted by Gasteiger charge is 2.27. The Hall–Kier alpha value is -4.13. The standard InChI is InChI=1S/C20H16FN5O6S/c1-12-23-8-14(9-24-12)20(28)25(17-4-3-5-22-19(17)33(2,31)32)10-13-6-16(21)15(11-27)18(7-13)26(29)30/h3-9,11H,10H2,1-2H3. The van der Waals surface area contributed by atoms with Crippen LogP contribution in [0.25, 0.3) is 0 Å². The van der Waals surface area contributed by atoms with Crippen LogP contribution in [0.15, 0.2) is 47.9 Å². The first-order chi connectivity index (χ1) is 15.5. The topological polar surface area (TPSA) is 153 Å². The summed E-state index contributed by atoms with van der Waals surface area (Å²) in [6, 6.07) is 4.52. The first-order valence-electron chi connectivity index (χ1n) is 9.20. The summed E-state index contributed by atoms with van der Waals surface area (Å²) in [7, 11) is -3.90. The summed E-state index contributed by atoms with van der Waals surface area (Å²) in [5.41, 5.74) is -1.74. The third-order valence-corrected chi connectivity index (χ3v) is 5.51. The zero-order valence-corrected chi connectivity index (χ0v) is 18.1. The van der Waals surface area contributed by atoms with Gasteiger partial charge in [0, 0.05) is 30.9 Å². The van der Waals surface area contributed by atoms with Crippen LogP contribution >= 0.6 is 0 Å². The number of pyridine rings is 1. The molecule has 1 amide bonds. The van der Waals surface area contributed by atoms with E-state index in [2.05, 4.69) is 15.0 Å². The number of aldehydes is 1. The van der Waals surface area contributed by atoms with E-state index in [1.807, 2.05) is 0 Å². The van der Waals surface area contributed by atoms with E-state index in [0.29, 0.717) is 5.82 Å². The van der Waals surface area contributed by atoms with Crippen LogP contribution in [0.2, 0.25) is 0 Å². The lowest BCUT2D eigenvalue weighted by Gasteiger charge is -2.24. The van der Waals surface area contributed by atoms with Gasteiger partial charge in [-0.2, -0.15) is 0 Å². The maximum absolute atomic E-state index is 14.4. The number of carbonyl (C=O) groups excluding carboxylic acids is 2. The van der Waals surface area contributed by atoms with Crippen molar-refractivity contribution in [2.45, 2.75) is 18.5 Å². The largest absolute Gasteiger partial charge is 0.301 e. The van der Waals surface area contributed by atoms with Crippen molar-refractivity contribution in [3.63, 3.8) is 0 Å². The molecule has 1 aromatic carbocycles. The molecule has 0 saturated carbocycles. The lowest BCUT2D eigenvalue weighted by atomic mass is 10.1. The third kappa shape index (κ3) is 5.03. The molecule has 0 unspecified atom stereocenters. The Morgan fingerprint density at radius 2 is 1.91 bits per heavy atom. The SMILES string of the molecule is Cc1ncc(C(=O)N(Cc2cc(F)c(C=O)c([N+](=O)[O-])c2)c2cccnc2S(C)(=O)=O)cn1. The summed E-state index contributed by atoms with van der Waals surface area (Å²) in [5, 5.41) is 10.9. The van der Waals surface area contributed by atoms with Crippen molar-refractivity contribution in [2.75, 3.05) is 11.2 Å². The van der Waals surface area contributed by atoms with Crippen LogP contribution < -0.4 is 4.90 Å². The molecule has 0 N–H and O–H groups in total. The van der Waals surface area contributed by atoms with Crippen LogP contribution in [0.5, 0.6) is 0 Å². The number of aryl methyl sites for hydroxylation is 1. The quantitative estimate of drug-likeness (QED) is 0.286. The number of nitro groups is 1. The van der Waals surface area contributed by atoms with Gasteiger partial charge in [0.15, 0.2) is 21.1 Å². The van der Waals surface area contributed by atoms with E-state index in [1.54, 1.807) is 6.92 Å². The van der Waals surface area contributed by atoms with Gasteiger partial charge >= 0.3 is 0 Å². The number of amides is 1. The number of aromatic nitrogens is 3. The van der Waals surface area contributed by atoms with Crippen molar-refractivity contribution in [1.29, 1.82) is 0 Å². The fourth-order valence-corrected chi connectivity index (χ4v) is 3.81. The second kappa shape index (κ2) is 9.16. The number of rotatable bonds is 7. The molecule has 0 aliphatic rings. The van der Waals surface area contributed by atoms with Crippen molar-refractivity contribution < 1.29 is 27.3 Å². The molecule has 2 heterocycles. The molecular formula is C20H16FN5O6S. The molecule has 0 spiro atoms. The number of halogens is 1. The van der Waals surface area contributed by atoms with Crippen LogP contribution in [-0.4, -0.2) is 46.7 Å². The molecule has 11 nitrogen and oxygen atoms in total. The number of benzene rings is 1. The fourth-order valence-electron chi connectivity index (χ4n) is 3.00. The van der Waals surface area contributed by atoms with Crippen LogP contribution in [0.1, 0.15) is 32.1 Å². The second-order valence-electron chi connectivity index (χ2n) is 6.90. The molecule has 0 fully saturated rings. The Kier molecular flexibility index (Phi) is 6.53. The Bertz CT molecular complexity index is 1360. The van der Waals surface area contributed by atoms with E-state index in [0.717, 1.165) is 23.3 Å². The van der Waals surface area contributed by atoms with Gasteiger partial charge in [-0.15, -0.1) is 0 Å². The van der Waals surface area contributed by atoms with Gasteiger partial charge in [-0.25, -0.2) is 27.8 Å². The van der Waals surface area contributed by atoms with Crippen molar-refractivity contribution in [3.05, 3.63) is 81.3 Å². The van der Waals surface area contributed by atoms with Gasteiger partial charge in [0.05, 0.1) is 22.7 Å². The zero-order chi connectivity index (χ0) is 24.3. The molecule has 0 radical (unpaired) electrons. The van der Waals surface area contributed by atoms with E-state index < -0.39 is 49.3 Å². The number of sulfone groups is 1. The van der Waals surface area contributed by atoms with Gasteiger partial charge in [0.2, 0.25) is 0 Å². The molecule has 3 aromatic rings. The van der Waals surface area contributed by atoms with E-state index in [1.165, 1.54) is 30.7 Å². The number of carbonyl (C=O) groups is 2. The normalized spacial score (nSPS) is 11.1. The van der Waals surface area contributed by atoms with E-state index >= 15 is 0 Å². The van der Waals surface area contributed by atoms with Gasteiger partial charge in [0.25, 0.3) is 11.6 Å². The van der Waals surface area contributed by atoms with Gasteiger partial charge in [-0.05, 0) is 30.7 Å². The number of hydrogen-bond acceptors (Lipinski definition) is 9. The van der Waals surface area contributed by atoms with E-state index in [9.17, 15) is 32.5 Å². The predicted octanol–water partition coefficient (Wildman–Crippen LogP) is 2.29. The molecule has 0 aliphatic heterocycles. The van der Waals surface area contributed by atoms with Crippen molar-refractivity contribution in [2.24, 2.45) is 0 Å². The molecule has 3 rings (SSSR count). The molecule has 0 atom stereocenters. The van der Waals surface area contributed by atoms with Crippen LogP contribution in [0.3, 0.4) is 0 Å². The number of nitro benzene ring substituents is 1. The first kappa shape index (κ1) is 23.5. The Labute approximate surface area is 187 Å². The average molecular weight is 473 g/mol. The maximum atomic E-state index is 14.4. The van der Waals surface area contributed by atoms with Gasteiger partial charge in [0.1, 0.15) is 17.2 Å². The molecule has 2 aromatic heterocycles. The molecule has 0 bridgehead atoms. The molecule has 0 saturated heterocycles. The van der Waals surface area contributed by atoms with Crippen molar-refractivity contribution in [1.82, 2.24) is 15.0 Å². The molecule has 0 aliphatic carbocycles. The monoisotopic (exact) mass is 473 g/mol. The number of anilines is 1. The van der Waals surface area contributed by atoms with Gasteiger partial charge in [-0.3, -0.25) is 19.7 Å².